The number of halogens is 1. The molecule has 204 valence electrons. The van der Waals surface area contributed by atoms with Gasteiger partial charge in [-0.25, -0.2) is 0 Å². The molecule has 3 aromatic carbocycles. The van der Waals surface area contributed by atoms with Gasteiger partial charge in [0.1, 0.15) is 5.75 Å². The number of hydrogen-bond acceptors (Lipinski definition) is 3. The number of aryl methyl sites for hydroxylation is 1. The van der Waals surface area contributed by atoms with Crippen LogP contribution >= 0.6 is 15.9 Å². The molecule has 1 saturated heterocycles. The van der Waals surface area contributed by atoms with Crippen LogP contribution in [0.5, 0.6) is 5.75 Å². The predicted octanol–water partition coefficient (Wildman–Crippen LogP) is 8.01. The fourth-order valence-electron chi connectivity index (χ4n) is 5.63. The number of hydrogen-bond donors (Lipinski definition) is 2. The Labute approximate surface area is 240 Å². The largest absolute Gasteiger partial charge is 0.497 e. The molecular formula is C33H38BrN3O2. The summed E-state index contributed by atoms with van der Waals surface area (Å²) in [7, 11) is 1.73. The maximum Gasteiger partial charge on any atom is 0.226 e. The first kappa shape index (κ1) is 27.5. The Morgan fingerprint density at radius 2 is 1.87 bits per heavy atom. The van der Waals surface area contributed by atoms with Gasteiger partial charge in [-0.05, 0) is 110 Å². The number of carbonyl (C=O) groups is 1. The third kappa shape index (κ3) is 6.56. The Morgan fingerprint density at radius 1 is 1.08 bits per heavy atom. The van der Waals surface area contributed by atoms with Crippen LogP contribution in [0.2, 0.25) is 0 Å². The molecule has 4 aromatic rings. The van der Waals surface area contributed by atoms with Gasteiger partial charge in [-0.15, -0.1) is 0 Å². The predicted molar refractivity (Wildman–Crippen MR) is 165 cm³/mol. The van der Waals surface area contributed by atoms with Crippen LogP contribution in [0.25, 0.3) is 22.2 Å². The molecule has 1 fully saturated rings. The molecule has 1 amide bonds. The van der Waals surface area contributed by atoms with Gasteiger partial charge in [0.25, 0.3) is 0 Å². The maximum absolute atomic E-state index is 12.1. The molecule has 0 aliphatic carbocycles. The molecule has 0 bridgehead atoms. The second-order valence-corrected chi connectivity index (χ2v) is 11.8. The normalized spacial score (nSPS) is 14.7. The molecule has 1 aliphatic heterocycles. The zero-order valence-electron chi connectivity index (χ0n) is 23.1. The molecule has 2 heterocycles. The lowest BCUT2D eigenvalue weighted by Crippen LogP contribution is -2.33. The Bertz CT molecular complexity index is 1440. The summed E-state index contributed by atoms with van der Waals surface area (Å²) in [5.74, 6) is 1.48. The van der Waals surface area contributed by atoms with Crippen LogP contribution in [-0.4, -0.2) is 42.5 Å². The van der Waals surface area contributed by atoms with E-state index in [1.807, 2.05) is 26.0 Å². The fraction of sp³-hybridized carbons (Fsp3) is 0.364. The van der Waals surface area contributed by atoms with Gasteiger partial charge in [-0.1, -0.05) is 54.0 Å². The lowest BCUT2D eigenvalue weighted by atomic mass is 9.89. The number of nitrogens with zero attached hydrogens (tertiary/aromatic N) is 1. The number of aromatic nitrogens is 1. The average Bonchev–Trinajstić information content (AvgIpc) is 3.31. The van der Waals surface area contributed by atoms with Crippen molar-refractivity contribution < 1.29 is 9.53 Å². The summed E-state index contributed by atoms with van der Waals surface area (Å²) < 4.78 is 6.63. The van der Waals surface area contributed by atoms with Gasteiger partial charge in [0.2, 0.25) is 5.91 Å². The van der Waals surface area contributed by atoms with Crippen molar-refractivity contribution in [1.29, 1.82) is 0 Å². The van der Waals surface area contributed by atoms with Crippen LogP contribution in [0, 0.1) is 5.92 Å². The fourth-order valence-corrected chi connectivity index (χ4v) is 6.03. The quantitative estimate of drug-likeness (QED) is 0.208. The highest BCUT2D eigenvalue weighted by Gasteiger charge is 2.21. The van der Waals surface area contributed by atoms with E-state index in [4.69, 9.17) is 4.74 Å². The summed E-state index contributed by atoms with van der Waals surface area (Å²) in [6.45, 7) is 7.14. The number of likely N-dealkylation sites (tertiary alicyclic amines) is 1. The van der Waals surface area contributed by atoms with Crippen molar-refractivity contribution in [3.8, 4) is 17.0 Å². The van der Waals surface area contributed by atoms with Crippen LogP contribution in [-0.2, 0) is 11.2 Å². The summed E-state index contributed by atoms with van der Waals surface area (Å²) in [5, 5.41) is 4.29. The number of amides is 1. The average molecular weight is 589 g/mol. The summed E-state index contributed by atoms with van der Waals surface area (Å²) in [6.07, 6.45) is 4.41. The summed E-state index contributed by atoms with van der Waals surface area (Å²) in [5.41, 5.74) is 7.14. The summed E-state index contributed by atoms with van der Waals surface area (Å²) in [6, 6.07) is 23.2. The molecule has 1 aliphatic rings. The Balaban J connectivity index is 1.22. The van der Waals surface area contributed by atoms with Crippen LogP contribution < -0.4 is 10.1 Å². The van der Waals surface area contributed by atoms with Crippen molar-refractivity contribution in [2.24, 2.45) is 5.92 Å². The van der Waals surface area contributed by atoms with Crippen molar-refractivity contribution in [2.45, 2.75) is 45.4 Å². The lowest BCUT2D eigenvalue weighted by molar-refractivity contribution is -0.118. The van der Waals surface area contributed by atoms with Gasteiger partial charge in [0.05, 0.1) is 7.11 Å². The molecule has 5 rings (SSSR count). The van der Waals surface area contributed by atoms with E-state index in [0.29, 0.717) is 5.92 Å². The topological polar surface area (TPSA) is 57.4 Å². The number of anilines is 1. The number of methoxy groups -OCH3 is 1. The first-order valence-electron chi connectivity index (χ1n) is 14.0. The van der Waals surface area contributed by atoms with Crippen molar-refractivity contribution in [2.75, 3.05) is 32.1 Å². The van der Waals surface area contributed by atoms with E-state index in [-0.39, 0.29) is 11.8 Å². The summed E-state index contributed by atoms with van der Waals surface area (Å²) in [4.78, 5) is 18.4. The molecule has 0 atom stereocenters. The standard InChI is InChI=1S/C33H38BrN3O2/c1-22(2)33(38)35-27-10-5-7-24(20-27)23-14-17-37(18-15-23)16-6-11-29-30-21-28(39-3)12-13-31(30)36-32(29)25-8-4-9-26(34)19-25/h4-5,7-10,12-13,19-23,36H,6,11,14-18H2,1-3H3,(H,35,38). The van der Waals surface area contributed by atoms with E-state index in [0.717, 1.165) is 66.7 Å². The number of H-pyrrole nitrogens is 1. The number of nitrogens with one attached hydrogen (secondary N) is 2. The van der Waals surface area contributed by atoms with Gasteiger partial charge in [-0.3, -0.25) is 4.79 Å². The van der Waals surface area contributed by atoms with E-state index < -0.39 is 0 Å². The lowest BCUT2D eigenvalue weighted by Gasteiger charge is -2.32. The second-order valence-electron chi connectivity index (χ2n) is 10.9. The molecule has 2 N–H and O–H groups in total. The van der Waals surface area contributed by atoms with Crippen molar-refractivity contribution in [1.82, 2.24) is 9.88 Å². The molecule has 0 radical (unpaired) electrons. The zero-order valence-corrected chi connectivity index (χ0v) is 24.7. The van der Waals surface area contributed by atoms with Crippen molar-refractivity contribution >= 4 is 38.4 Å². The van der Waals surface area contributed by atoms with Crippen LogP contribution in [0.3, 0.4) is 0 Å². The smallest absolute Gasteiger partial charge is 0.226 e. The maximum atomic E-state index is 12.1. The van der Waals surface area contributed by atoms with E-state index in [2.05, 4.69) is 85.7 Å². The number of piperidine rings is 1. The highest BCUT2D eigenvalue weighted by atomic mass is 79.9. The third-order valence-corrected chi connectivity index (χ3v) is 8.36. The molecule has 0 saturated carbocycles. The van der Waals surface area contributed by atoms with E-state index in [1.54, 1.807) is 7.11 Å². The minimum atomic E-state index is -0.0196. The first-order valence-corrected chi connectivity index (χ1v) is 14.8. The minimum Gasteiger partial charge on any atom is -0.497 e. The molecular weight excluding hydrogens is 550 g/mol. The monoisotopic (exact) mass is 587 g/mol. The number of ether oxygens (including phenoxy) is 1. The minimum absolute atomic E-state index is 0.0196. The number of carbonyl (C=O) groups excluding carboxylic acids is 1. The number of aromatic amines is 1. The Hall–Kier alpha value is -3.09. The van der Waals surface area contributed by atoms with Gasteiger partial charge in [0, 0.05) is 32.7 Å². The molecule has 5 nitrogen and oxygen atoms in total. The Kier molecular flexibility index (Phi) is 8.73. The molecule has 0 spiro atoms. The SMILES string of the molecule is COc1ccc2[nH]c(-c3cccc(Br)c3)c(CCCN3CCC(c4cccc(NC(=O)C(C)C)c4)CC3)c2c1. The Morgan fingerprint density at radius 3 is 2.62 bits per heavy atom. The highest BCUT2D eigenvalue weighted by Crippen LogP contribution is 2.35. The zero-order chi connectivity index (χ0) is 27.4. The van der Waals surface area contributed by atoms with Crippen LogP contribution in [0.4, 0.5) is 5.69 Å². The van der Waals surface area contributed by atoms with E-state index >= 15 is 0 Å². The van der Waals surface area contributed by atoms with E-state index in [9.17, 15) is 4.79 Å². The van der Waals surface area contributed by atoms with Gasteiger partial charge in [0.15, 0.2) is 0 Å². The van der Waals surface area contributed by atoms with E-state index in [1.165, 1.54) is 27.8 Å². The molecule has 0 unspecified atom stereocenters. The van der Waals surface area contributed by atoms with Gasteiger partial charge >= 0.3 is 0 Å². The van der Waals surface area contributed by atoms with Crippen LogP contribution in [0.1, 0.15) is 50.2 Å². The molecule has 39 heavy (non-hydrogen) atoms. The second kappa shape index (κ2) is 12.4. The number of rotatable bonds is 9. The van der Waals surface area contributed by atoms with Gasteiger partial charge in [-0.2, -0.15) is 0 Å². The van der Waals surface area contributed by atoms with Crippen molar-refractivity contribution in [3.05, 3.63) is 82.3 Å². The summed E-state index contributed by atoms with van der Waals surface area (Å²) >= 11 is 3.64. The highest BCUT2D eigenvalue weighted by molar-refractivity contribution is 9.10. The number of benzene rings is 3. The first-order chi connectivity index (χ1) is 18.9. The molecule has 6 heteroatoms. The van der Waals surface area contributed by atoms with Crippen LogP contribution in [0.15, 0.2) is 71.2 Å². The van der Waals surface area contributed by atoms with Crippen molar-refractivity contribution in [3.63, 3.8) is 0 Å². The number of fused-ring (bicyclic) bond motifs is 1. The third-order valence-electron chi connectivity index (χ3n) is 7.87. The molecule has 1 aromatic heterocycles. The van der Waals surface area contributed by atoms with Gasteiger partial charge < -0.3 is 19.9 Å².